The van der Waals surface area contributed by atoms with Gasteiger partial charge in [0.2, 0.25) is 0 Å². The SMILES string of the molecule is CC[Si](CC)(CC)O[C@@]1(c2cc(C(F)(F)F)cc(C(F)(F)F)c2)C(c2cc(C(F)(F)F)cc(C(F)(F)F)c2)CCN1C. The monoisotopic (exact) mass is 639 g/mol. The van der Waals surface area contributed by atoms with Crippen molar-refractivity contribution in [1.82, 2.24) is 4.90 Å². The van der Waals surface area contributed by atoms with Gasteiger partial charge < -0.3 is 4.43 Å². The second kappa shape index (κ2) is 11.3. The summed E-state index contributed by atoms with van der Waals surface area (Å²) in [6, 6.07) is 2.66. The lowest BCUT2D eigenvalue weighted by molar-refractivity contribution is -0.145. The Balaban J connectivity index is 2.49. The molecule has 236 valence electrons. The van der Waals surface area contributed by atoms with Gasteiger partial charge in [-0.1, -0.05) is 20.8 Å². The van der Waals surface area contributed by atoms with E-state index < -0.39 is 78.0 Å². The minimum Gasteiger partial charge on any atom is -0.395 e. The van der Waals surface area contributed by atoms with E-state index in [0.717, 1.165) is 0 Å². The molecule has 0 aromatic heterocycles. The summed E-state index contributed by atoms with van der Waals surface area (Å²) in [5.74, 6) is -1.48. The highest BCUT2D eigenvalue weighted by atomic mass is 28.4. The third-order valence-corrected chi connectivity index (χ3v) is 12.7. The molecule has 0 spiro atoms. The van der Waals surface area contributed by atoms with Crippen molar-refractivity contribution in [2.75, 3.05) is 13.6 Å². The number of hydrogen-bond acceptors (Lipinski definition) is 2. The van der Waals surface area contributed by atoms with Crippen LogP contribution in [-0.4, -0.2) is 26.8 Å². The van der Waals surface area contributed by atoms with Gasteiger partial charge in [0, 0.05) is 12.5 Å². The lowest BCUT2D eigenvalue weighted by Crippen LogP contribution is -2.53. The van der Waals surface area contributed by atoms with Gasteiger partial charge >= 0.3 is 24.7 Å². The van der Waals surface area contributed by atoms with Gasteiger partial charge in [-0.2, -0.15) is 52.7 Å². The van der Waals surface area contributed by atoms with Crippen LogP contribution in [0, 0.1) is 0 Å². The van der Waals surface area contributed by atoms with Crippen LogP contribution in [0.3, 0.4) is 0 Å². The first kappa shape index (κ1) is 34.2. The first-order valence-electron chi connectivity index (χ1n) is 13.0. The van der Waals surface area contributed by atoms with Crippen molar-refractivity contribution in [2.24, 2.45) is 0 Å². The number of benzene rings is 2. The molecule has 1 unspecified atom stereocenters. The maximum absolute atomic E-state index is 13.9. The lowest BCUT2D eigenvalue weighted by atomic mass is 9.81. The normalized spacial score (nSPS) is 21.3. The predicted octanol–water partition coefficient (Wildman–Crippen LogP) is 10.1. The molecule has 2 nitrogen and oxygen atoms in total. The zero-order valence-electron chi connectivity index (χ0n) is 23.0. The molecule has 15 heteroatoms. The Morgan fingerprint density at radius 2 is 1.02 bits per heavy atom. The molecule has 0 saturated carbocycles. The zero-order valence-corrected chi connectivity index (χ0v) is 24.0. The molecule has 0 N–H and O–H groups in total. The molecule has 0 radical (unpaired) electrons. The third kappa shape index (κ3) is 6.62. The van der Waals surface area contributed by atoms with Crippen LogP contribution in [0.1, 0.15) is 66.5 Å². The lowest BCUT2D eigenvalue weighted by Gasteiger charge is -2.48. The average Bonchev–Trinajstić information content (AvgIpc) is 3.21. The van der Waals surface area contributed by atoms with E-state index in [9.17, 15) is 52.7 Å². The highest BCUT2D eigenvalue weighted by Gasteiger charge is 2.55. The summed E-state index contributed by atoms with van der Waals surface area (Å²) in [4.78, 5) is 1.30. The molecule has 2 aromatic carbocycles. The standard InChI is InChI=1S/C27H29F12NOSi/c1-5-42(6-2,7-3)41-23(17-12-20(26(34,35)36)15-21(13-17)27(37,38)39)22(8-9-40(23)4)16-10-18(24(28,29)30)14-19(11-16)25(31,32)33/h10-15,22H,5-9H2,1-4H3/t22?,23-/m0/s1. The minimum absolute atomic E-state index is 0.0834. The molecule has 1 saturated heterocycles. The summed E-state index contributed by atoms with van der Waals surface area (Å²) in [5, 5.41) is 0. The van der Waals surface area contributed by atoms with E-state index in [4.69, 9.17) is 4.43 Å². The van der Waals surface area contributed by atoms with E-state index >= 15 is 0 Å². The summed E-state index contributed by atoms with van der Waals surface area (Å²) in [5.41, 5.74) is -10.1. The molecule has 0 amide bonds. The molecule has 3 rings (SSSR count). The van der Waals surface area contributed by atoms with Gasteiger partial charge in [-0.25, -0.2) is 0 Å². The highest BCUT2D eigenvalue weighted by molar-refractivity contribution is 6.73. The molecule has 1 aliphatic rings. The van der Waals surface area contributed by atoms with Crippen LogP contribution in [0.25, 0.3) is 0 Å². The van der Waals surface area contributed by atoms with Crippen molar-refractivity contribution in [3.8, 4) is 0 Å². The van der Waals surface area contributed by atoms with Gasteiger partial charge in [-0.05, 0) is 79.1 Å². The van der Waals surface area contributed by atoms with E-state index in [0.29, 0.717) is 42.4 Å². The number of likely N-dealkylation sites (tertiary alicyclic amines) is 1. The Bertz CT molecular complexity index is 1190. The summed E-state index contributed by atoms with van der Waals surface area (Å²) in [6.45, 7) is 5.06. The molecule has 0 aliphatic carbocycles. The Morgan fingerprint density at radius 3 is 1.36 bits per heavy atom. The van der Waals surface area contributed by atoms with Crippen molar-refractivity contribution < 1.29 is 57.1 Å². The Hall–Kier alpha value is -2.26. The van der Waals surface area contributed by atoms with Crippen LogP contribution in [0.15, 0.2) is 36.4 Å². The Morgan fingerprint density at radius 1 is 0.667 bits per heavy atom. The number of hydrogen-bond donors (Lipinski definition) is 0. The van der Waals surface area contributed by atoms with Crippen LogP contribution in [0.4, 0.5) is 52.7 Å². The highest BCUT2D eigenvalue weighted by Crippen LogP contribution is 2.54. The Labute approximate surface area is 235 Å². The van der Waals surface area contributed by atoms with Crippen LogP contribution in [0.2, 0.25) is 18.1 Å². The van der Waals surface area contributed by atoms with Gasteiger partial charge in [0.15, 0.2) is 8.32 Å². The summed E-state index contributed by atoms with van der Waals surface area (Å²) in [6.07, 6.45) is -21.2. The number of likely N-dealkylation sites (N-methyl/N-ethyl adjacent to an activating group) is 1. The number of alkyl halides is 12. The average molecular weight is 640 g/mol. The van der Waals surface area contributed by atoms with E-state index in [1.165, 1.54) is 11.9 Å². The third-order valence-electron chi connectivity index (χ3n) is 8.11. The number of halogens is 12. The minimum atomic E-state index is -5.25. The van der Waals surface area contributed by atoms with Crippen molar-refractivity contribution in [1.29, 1.82) is 0 Å². The van der Waals surface area contributed by atoms with E-state index in [2.05, 4.69) is 0 Å². The maximum Gasteiger partial charge on any atom is 0.416 e. The molecule has 1 heterocycles. The predicted molar refractivity (Wildman–Crippen MR) is 133 cm³/mol. The zero-order chi connectivity index (χ0) is 32.1. The fourth-order valence-corrected chi connectivity index (χ4v) is 8.62. The first-order valence-corrected chi connectivity index (χ1v) is 15.6. The fourth-order valence-electron chi connectivity index (χ4n) is 5.61. The van der Waals surface area contributed by atoms with Crippen molar-refractivity contribution in [3.05, 3.63) is 69.8 Å². The number of nitrogens with zero attached hydrogens (tertiary/aromatic N) is 1. The molecular formula is C27H29F12NOSi. The van der Waals surface area contributed by atoms with Gasteiger partial charge in [-0.3, -0.25) is 4.90 Å². The molecule has 1 aliphatic heterocycles. The van der Waals surface area contributed by atoms with Crippen LogP contribution >= 0.6 is 0 Å². The van der Waals surface area contributed by atoms with Crippen LogP contribution in [0.5, 0.6) is 0 Å². The largest absolute Gasteiger partial charge is 0.416 e. The Kier molecular flexibility index (Phi) is 9.24. The second-order valence-electron chi connectivity index (χ2n) is 10.4. The molecule has 0 bridgehead atoms. The second-order valence-corrected chi connectivity index (χ2v) is 15.1. The molecule has 1 fully saturated rings. The summed E-state index contributed by atoms with van der Waals surface area (Å²) < 4.78 is 173. The molecule has 2 aromatic rings. The maximum atomic E-state index is 13.9. The van der Waals surface area contributed by atoms with E-state index in [-0.39, 0.29) is 25.1 Å². The van der Waals surface area contributed by atoms with Crippen LogP contribution in [-0.2, 0) is 34.9 Å². The van der Waals surface area contributed by atoms with Gasteiger partial charge in [0.1, 0.15) is 5.72 Å². The fraction of sp³-hybridized carbons (Fsp3) is 0.556. The topological polar surface area (TPSA) is 12.5 Å². The van der Waals surface area contributed by atoms with Crippen molar-refractivity contribution in [2.45, 2.75) is 81.7 Å². The van der Waals surface area contributed by atoms with E-state index in [1.807, 2.05) is 0 Å². The molecular weight excluding hydrogens is 610 g/mol. The first-order chi connectivity index (χ1) is 19.0. The van der Waals surface area contributed by atoms with Crippen LogP contribution < -0.4 is 0 Å². The van der Waals surface area contributed by atoms with Gasteiger partial charge in [-0.15, -0.1) is 0 Å². The van der Waals surface area contributed by atoms with Gasteiger partial charge in [0.05, 0.1) is 22.3 Å². The number of rotatable bonds is 7. The molecule has 42 heavy (non-hydrogen) atoms. The van der Waals surface area contributed by atoms with Gasteiger partial charge in [0.25, 0.3) is 0 Å². The smallest absolute Gasteiger partial charge is 0.395 e. The van der Waals surface area contributed by atoms with E-state index in [1.54, 1.807) is 20.8 Å². The van der Waals surface area contributed by atoms with Crippen molar-refractivity contribution >= 4 is 8.32 Å². The summed E-state index contributed by atoms with van der Waals surface area (Å²) in [7, 11) is -1.70. The molecule has 2 atom stereocenters. The summed E-state index contributed by atoms with van der Waals surface area (Å²) >= 11 is 0. The van der Waals surface area contributed by atoms with Crippen molar-refractivity contribution in [3.63, 3.8) is 0 Å². The quantitative estimate of drug-likeness (QED) is 0.221.